The van der Waals surface area contributed by atoms with Gasteiger partial charge in [0.2, 0.25) is 0 Å². The molecule has 2 fully saturated rings. The van der Waals surface area contributed by atoms with Gasteiger partial charge in [0, 0.05) is 0 Å². The third-order valence-corrected chi connectivity index (χ3v) is 6.11. The van der Waals surface area contributed by atoms with Gasteiger partial charge in [-0.2, -0.15) is 0 Å². The van der Waals surface area contributed by atoms with Crippen molar-refractivity contribution in [2.24, 2.45) is 0 Å². The largest absolute Gasteiger partial charge is 0.493 e. The zero-order valence-corrected chi connectivity index (χ0v) is 19.6. The van der Waals surface area contributed by atoms with E-state index < -0.39 is 74.1 Å². The molecular weight excluding hydrogens is 472 g/mol. The Morgan fingerprint density at radius 1 is 0.771 bits per heavy atom. The van der Waals surface area contributed by atoms with E-state index in [0.29, 0.717) is 17.1 Å². The maximum atomic E-state index is 10.5. The predicted molar refractivity (Wildman–Crippen MR) is 115 cm³/mol. The third kappa shape index (κ3) is 6.21. The van der Waals surface area contributed by atoms with Crippen molar-refractivity contribution in [2.45, 2.75) is 74.4 Å². The molecule has 0 bridgehead atoms. The maximum absolute atomic E-state index is 10.5. The fourth-order valence-electron chi connectivity index (χ4n) is 3.88. The summed E-state index contributed by atoms with van der Waals surface area (Å²) < 4.78 is 32.1. The molecule has 2 aliphatic heterocycles. The molecule has 0 aliphatic carbocycles. The van der Waals surface area contributed by atoms with E-state index >= 15 is 0 Å². The van der Waals surface area contributed by atoms with E-state index in [1.165, 1.54) is 21.1 Å². The van der Waals surface area contributed by atoms with Crippen LogP contribution in [-0.2, 0) is 18.9 Å². The molecule has 3 rings (SSSR count). The molecule has 11 atom stereocenters. The van der Waals surface area contributed by atoms with Crippen molar-refractivity contribution >= 4 is 0 Å². The molecular formula is C22H34O13. The lowest BCUT2D eigenvalue weighted by Gasteiger charge is -2.42. The molecule has 2 heterocycles. The normalized spacial score (nSPS) is 38.7. The Kier molecular flexibility index (Phi) is 9.65. The summed E-state index contributed by atoms with van der Waals surface area (Å²) in [6.07, 6.45) is -15.2. The number of rotatable bonds is 9. The first-order chi connectivity index (χ1) is 16.6. The molecule has 11 unspecified atom stereocenters. The number of aliphatic hydroxyl groups is 7. The van der Waals surface area contributed by atoms with Crippen LogP contribution >= 0.6 is 0 Å². The number of aliphatic hydroxyl groups excluding tert-OH is 7. The van der Waals surface area contributed by atoms with Crippen molar-refractivity contribution in [1.29, 1.82) is 0 Å². The zero-order chi connectivity index (χ0) is 25.9. The topological polar surface area (TPSA) is 197 Å². The minimum absolute atomic E-state index is 0.334. The molecule has 2 aliphatic rings. The summed E-state index contributed by atoms with van der Waals surface area (Å²) in [5.41, 5.74) is 0.437. The summed E-state index contributed by atoms with van der Waals surface area (Å²) in [7, 11) is 2.93. The Morgan fingerprint density at radius 2 is 1.37 bits per heavy atom. The average Bonchev–Trinajstić information content (AvgIpc) is 2.86. The second kappa shape index (κ2) is 12.1. The molecule has 0 radical (unpaired) electrons. The number of ether oxygens (including phenoxy) is 6. The number of hydrogen-bond acceptors (Lipinski definition) is 13. The maximum Gasteiger partial charge on any atom is 0.186 e. The van der Waals surface area contributed by atoms with Gasteiger partial charge in [0.15, 0.2) is 24.1 Å². The Bertz CT molecular complexity index is 810. The van der Waals surface area contributed by atoms with Gasteiger partial charge in [0.25, 0.3) is 0 Å². The van der Waals surface area contributed by atoms with E-state index in [1.54, 1.807) is 18.2 Å². The molecule has 0 aromatic heterocycles. The number of benzene rings is 1. The van der Waals surface area contributed by atoms with Crippen LogP contribution in [0.15, 0.2) is 18.2 Å². The Hall–Kier alpha value is -1.62. The highest BCUT2D eigenvalue weighted by Crippen LogP contribution is 2.31. The second-order valence-corrected chi connectivity index (χ2v) is 8.49. The highest BCUT2D eigenvalue weighted by Gasteiger charge is 2.47. The lowest BCUT2D eigenvalue weighted by Crippen LogP contribution is -2.61. The van der Waals surface area contributed by atoms with Crippen molar-refractivity contribution in [3.63, 3.8) is 0 Å². The van der Waals surface area contributed by atoms with Gasteiger partial charge in [-0.15, -0.1) is 0 Å². The molecule has 0 amide bonds. The first kappa shape index (κ1) is 28.0. The highest BCUT2D eigenvalue weighted by molar-refractivity contribution is 5.43. The minimum atomic E-state index is -1.66. The lowest BCUT2D eigenvalue weighted by molar-refractivity contribution is -0.329. The summed E-state index contributed by atoms with van der Waals surface area (Å²) in [6, 6.07) is 4.77. The van der Waals surface area contributed by atoms with Crippen molar-refractivity contribution in [3.05, 3.63) is 23.8 Å². The lowest BCUT2D eigenvalue weighted by atomic mass is 9.98. The molecule has 2 saturated heterocycles. The summed E-state index contributed by atoms with van der Waals surface area (Å²) in [5, 5.41) is 71.0. The summed E-state index contributed by atoms with van der Waals surface area (Å²) >= 11 is 0. The minimum Gasteiger partial charge on any atom is -0.493 e. The van der Waals surface area contributed by atoms with E-state index in [9.17, 15) is 35.7 Å². The standard InChI is InChI=1S/C22H34O13/c1-9-15(24)17(26)19(28)21(34-9)33-8-14-16(25)18(27)20(29)22(35-14)32-7-11(23)10-4-5-12(30-2)13(6-10)31-3/h4-6,9,11,14-29H,7-8H2,1-3H3. The molecule has 13 nitrogen and oxygen atoms in total. The van der Waals surface area contributed by atoms with Crippen LogP contribution in [0, 0.1) is 0 Å². The first-order valence-corrected chi connectivity index (χ1v) is 11.1. The van der Waals surface area contributed by atoms with Crippen molar-refractivity contribution in [3.8, 4) is 11.5 Å². The third-order valence-electron chi connectivity index (χ3n) is 6.11. The van der Waals surface area contributed by atoms with Crippen molar-refractivity contribution in [2.75, 3.05) is 27.4 Å². The monoisotopic (exact) mass is 506 g/mol. The van der Waals surface area contributed by atoms with E-state index in [0.717, 1.165) is 0 Å². The molecule has 0 spiro atoms. The number of methoxy groups -OCH3 is 2. The van der Waals surface area contributed by atoms with Crippen LogP contribution in [0.1, 0.15) is 18.6 Å². The van der Waals surface area contributed by atoms with Gasteiger partial charge in [-0.05, 0) is 24.6 Å². The fraction of sp³-hybridized carbons (Fsp3) is 0.727. The molecule has 0 saturated carbocycles. The van der Waals surface area contributed by atoms with E-state index in [2.05, 4.69) is 0 Å². The van der Waals surface area contributed by atoms with Crippen LogP contribution in [0.3, 0.4) is 0 Å². The Balaban J connectivity index is 1.59. The van der Waals surface area contributed by atoms with E-state index in [1.807, 2.05) is 0 Å². The van der Waals surface area contributed by atoms with Crippen molar-refractivity contribution in [1.82, 2.24) is 0 Å². The molecule has 7 N–H and O–H groups in total. The molecule has 35 heavy (non-hydrogen) atoms. The van der Waals surface area contributed by atoms with Crippen LogP contribution in [0.5, 0.6) is 11.5 Å². The molecule has 1 aromatic rings. The van der Waals surface area contributed by atoms with Gasteiger partial charge < -0.3 is 64.2 Å². The number of hydrogen-bond donors (Lipinski definition) is 7. The van der Waals surface area contributed by atoms with E-state index in [4.69, 9.17) is 28.4 Å². The van der Waals surface area contributed by atoms with Gasteiger partial charge >= 0.3 is 0 Å². The first-order valence-electron chi connectivity index (χ1n) is 11.1. The van der Waals surface area contributed by atoms with Crippen LogP contribution in [-0.4, -0.2) is 125 Å². The summed E-state index contributed by atoms with van der Waals surface area (Å²) in [5.74, 6) is 0.867. The fourth-order valence-corrected chi connectivity index (χ4v) is 3.88. The van der Waals surface area contributed by atoms with Gasteiger partial charge in [-0.25, -0.2) is 0 Å². The second-order valence-electron chi connectivity index (χ2n) is 8.49. The molecule has 200 valence electrons. The summed E-state index contributed by atoms with van der Waals surface area (Å²) in [6.45, 7) is 0.732. The Labute approximate surface area is 201 Å². The van der Waals surface area contributed by atoms with Crippen LogP contribution in [0.2, 0.25) is 0 Å². The Morgan fingerprint density at radius 3 is 2.00 bits per heavy atom. The van der Waals surface area contributed by atoms with Crippen LogP contribution < -0.4 is 9.47 Å². The SMILES string of the molecule is COc1ccc(C(O)COC2OC(COC3OC(C)C(O)C(O)C3O)C(O)C(O)C2O)cc1OC. The average molecular weight is 507 g/mol. The van der Waals surface area contributed by atoms with Gasteiger partial charge in [0.1, 0.15) is 48.8 Å². The van der Waals surface area contributed by atoms with Crippen LogP contribution in [0.4, 0.5) is 0 Å². The predicted octanol–water partition coefficient (Wildman–Crippen LogP) is -2.59. The van der Waals surface area contributed by atoms with Gasteiger partial charge in [-0.1, -0.05) is 6.07 Å². The summed E-state index contributed by atoms with van der Waals surface area (Å²) in [4.78, 5) is 0. The van der Waals surface area contributed by atoms with E-state index in [-0.39, 0.29) is 6.61 Å². The van der Waals surface area contributed by atoms with Gasteiger partial charge in [-0.3, -0.25) is 0 Å². The van der Waals surface area contributed by atoms with Crippen LogP contribution in [0.25, 0.3) is 0 Å². The zero-order valence-electron chi connectivity index (χ0n) is 19.6. The van der Waals surface area contributed by atoms with Gasteiger partial charge in [0.05, 0.1) is 33.5 Å². The quantitative estimate of drug-likeness (QED) is 0.184. The smallest absolute Gasteiger partial charge is 0.186 e. The molecule has 1 aromatic carbocycles. The molecule has 13 heteroatoms. The van der Waals surface area contributed by atoms with Crippen molar-refractivity contribution < 1.29 is 64.2 Å². The highest BCUT2D eigenvalue weighted by atomic mass is 16.7.